The Kier molecular flexibility index (Phi) is 3.82. The normalized spacial score (nSPS) is 46.6. The van der Waals surface area contributed by atoms with E-state index in [9.17, 15) is 5.11 Å². The molecule has 1 heterocycles. The van der Waals surface area contributed by atoms with Crippen LogP contribution in [0.3, 0.4) is 0 Å². The SMILES string of the molecule is CC1=C(c2ncco2)[C@@]2(C)CC[C@H]3[C@@H]([C@@H](C)C=C4C[C@@H](O)CC[C@@]43C)[C@@H]2C1. The molecule has 27 heavy (non-hydrogen) atoms. The molecule has 0 unspecified atom stereocenters. The molecule has 1 N–H and O–H groups in total. The number of aliphatic hydroxyl groups is 1. The molecule has 3 nitrogen and oxygen atoms in total. The molecule has 7 atom stereocenters. The van der Waals surface area contributed by atoms with Crippen molar-refractivity contribution in [1.29, 1.82) is 0 Å². The van der Waals surface area contributed by atoms with Crippen LogP contribution in [0, 0.1) is 34.5 Å². The van der Waals surface area contributed by atoms with Crippen LogP contribution in [0.2, 0.25) is 0 Å². The minimum absolute atomic E-state index is 0.131. The molecular weight excluding hydrogens is 334 g/mol. The third-order valence-electron chi connectivity index (χ3n) is 8.97. The van der Waals surface area contributed by atoms with Gasteiger partial charge in [-0.3, -0.25) is 0 Å². The minimum Gasteiger partial charge on any atom is -0.445 e. The van der Waals surface area contributed by atoms with Crippen molar-refractivity contribution in [1.82, 2.24) is 4.98 Å². The van der Waals surface area contributed by atoms with Crippen molar-refractivity contribution in [2.45, 2.75) is 72.3 Å². The van der Waals surface area contributed by atoms with Crippen LogP contribution in [0.1, 0.15) is 72.1 Å². The Morgan fingerprint density at radius 3 is 2.63 bits per heavy atom. The quantitative estimate of drug-likeness (QED) is 0.655. The van der Waals surface area contributed by atoms with Gasteiger partial charge in [0.1, 0.15) is 6.26 Å². The lowest BCUT2D eigenvalue weighted by Gasteiger charge is -2.59. The lowest BCUT2D eigenvalue weighted by atomic mass is 9.45. The van der Waals surface area contributed by atoms with Gasteiger partial charge in [-0.1, -0.05) is 38.0 Å². The first-order valence-corrected chi connectivity index (χ1v) is 10.8. The average Bonchev–Trinajstić information content (AvgIpc) is 3.21. The Bertz CT molecular complexity index is 806. The largest absolute Gasteiger partial charge is 0.445 e. The van der Waals surface area contributed by atoms with E-state index in [-0.39, 0.29) is 16.9 Å². The summed E-state index contributed by atoms with van der Waals surface area (Å²) in [4.78, 5) is 4.53. The van der Waals surface area contributed by atoms with Crippen molar-refractivity contribution < 1.29 is 9.52 Å². The van der Waals surface area contributed by atoms with E-state index in [1.807, 2.05) is 0 Å². The molecule has 3 heteroatoms. The summed E-state index contributed by atoms with van der Waals surface area (Å²) in [6.45, 7) is 9.70. The van der Waals surface area contributed by atoms with Crippen molar-refractivity contribution in [2.24, 2.45) is 34.5 Å². The van der Waals surface area contributed by atoms with Crippen LogP contribution >= 0.6 is 0 Å². The Morgan fingerprint density at radius 1 is 1.11 bits per heavy atom. The maximum atomic E-state index is 10.2. The van der Waals surface area contributed by atoms with Gasteiger partial charge in [0, 0.05) is 11.0 Å². The maximum absolute atomic E-state index is 10.2. The van der Waals surface area contributed by atoms with Crippen molar-refractivity contribution in [2.75, 3.05) is 0 Å². The highest BCUT2D eigenvalue weighted by Gasteiger charge is 2.59. The molecule has 0 aromatic carbocycles. The van der Waals surface area contributed by atoms with Gasteiger partial charge >= 0.3 is 0 Å². The first-order valence-electron chi connectivity index (χ1n) is 10.8. The number of allylic oxidation sites excluding steroid dienone is 3. The number of fused-ring (bicyclic) bond motifs is 5. The van der Waals surface area contributed by atoms with E-state index in [2.05, 4.69) is 38.8 Å². The molecule has 1 aromatic heterocycles. The van der Waals surface area contributed by atoms with Gasteiger partial charge < -0.3 is 9.52 Å². The van der Waals surface area contributed by atoms with Crippen molar-refractivity contribution in [3.05, 3.63) is 35.6 Å². The lowest BCUT2D eigenvalue weighted by molar-refractivity contribution is -0.0431. The third-order valence-corrected chi connectivity index (χ3v) is 8.97. The van der Waals surface area contributed by atoms with Crippen LogP contribution in [0.25, 0.3) is 5.57 Å². The zero-order valence-electron chi connectivity index (χ0n) is 17.2. The van der Waals surface area contributed by atoms with Gasteiger partial charge in [0.25, 0.3) is 0 Å². The van der Waals surface area contributed by atoms with Crippen molar-refractivity contribution in [3.8, 4) is 0 Å². The molecule has 0 radical (unpaired) electrons. The topological polar surface area (TPSA) is 46.3 Å². The predicted molar refractivity (Wildman–Crippen MR) is 107 cm³/mol. The molecule has 4 aliphatic rings. The fourth-order valence-electron chi connectivity index (χ4n) is 7.71. The van der Waals surface area contributed by atoms with Crippen molar-refractivity contribution >= 4 is 5.57 Å². The van der Waals surface area contributed by atoms with Gasteiger partial charge in [0.2, 0.25) is 5.89 Å². The second-order valence-electron chi connectivity index (χ2n) is 10.3. The molecule has 4 aliphatic carbocycles. The van der Waals surface area contributed by atoms with E-state index in [4.69, 9.17) is 4.42 Å². The zero-order chi connectivity index (χ0) is 19.0. The van der Waals surface area contributed by atoms with Gasteiger partial charge in [-0.15, -0.1) is 0 Å². The average molecular weight is 368 g/mol. The minimum atomic E-state index is -0.131. The highest BCUT2D eigenvalue weighted by molar-refractivity contribution is 5.71. The zero-order valence-corrected chi connectivity index (χ0v) is 17.2. The fourth-order valence-corrected chi connectivity index (χ4v) is 7.71. The van der Waals surface area contributed by atoms with Gasteiger partial charge in [-0.2, -0.15) is 0 Å². The Labute approximate surface area is 163 Å². The summed E-state index contributed by atoms with van der Waals surface area (Å²) in [5, 5.41) is 10.2. The Morgan fingerprint density at radius 2 is 1.89 bits per heavy atom. The smallest absolute Gasteiger partial charge is 0.222 e. The Hall–Kier alpha value is -1.35. The van der Waals surface area contributed by atoms with E-state index in [0.717, 1.165) is 37.0 Å². The van der Waals surface area contributed by atoms with Gasteiger partial charge in [0.15, 0.2) is 0 Å². The molecule has 2 saturated carbocycles. The molecule has 0 amide bonds. The molecule has 1 aromatic rings. The summed E-state index contributed by atoms with van der Waals surface area (Å²) in [5.41, 5.74) is 4.89. The second-order valence-corrected chi connectivity index (χ2v) is 10.3. The maximum Gasteiger partial charge on any atom is 0.222 e. The van der Waals surface area contributed by atoms with Gasteiger partial charge in [0.05, 0.1) is 12.3 Å². The molecule has 0 bridgehead atoms. The molecule has 146 valence electrons. The van der Waals surface area contributed by atoms with Crippen LogP contribution in [-0.4, -0.2) is 16.2 Å². The number of aromatic nitrogens is 1. The first kappa shape index (κ1) is 17.7. The number of hydrogen-bond acceptors (Lipinski definition) is 3. The first-order chi connectivity index (χ1) is 12.8. The third kappa shape index (κ3) is 2.33. The number of oxazole rings is 1. The summed E-state index contributed by atoms with van der Waals surface area (Å²) in [6, 6.07) is 0. The summed E-state index contributed by atoms with van der Waals surface area (Å²) >= 11 is 0. The predicted octanol–water partition coefficient (Wildman–Crippen LogP) is 5.63. The number of hydrogen-bond donors (Lipinski definition) is 1. The van der Waals surface area contributed by atoms with E-state index < -0.39 is 0 Å². The van der Waals surface area contributed by atoms with Crippen LogP contribution in [-0.2, 0) is 0 Å². The number of rotatable bonds is 1. The molecule has 0 spiro atoms. The molecular formula is C24H33NO2. The van der Waals surface area contributed by atoms with E-state index in [0.29, 0.717) is 11.8 Å². The van der Waals surface area contributed by atoms with Crippen LogP contribution in [0.5, 0.6) is 0 Å². The Balaban J connectivity index is 1.55. The molecule has 0 aliphatic heterocycles. The van der Waals surface area contributed by atoms with Crippen LogP contribution in [0.15, 0.2) is 34.1 Å². The highest BCUT2D eigenvalue weighted by atomic mass is 16.3. The highest BCUT2D eigenvalue weighted by Crippen LogP contribution is 2.68. The molecule has 0 saturated heterocycles. The molecule has 5 rings (SSSR count). The van der Waals surface area contributed by atoms with Crippen LogP contribution < -0.4 is 0 Å². The second kappa shape index (κ2) is 5.83. The van der Waals surface area contributed by atoms with E-state index >= 15 is 0 Å². The van der Waals surface area contributed by atoms with E-state index in [1.165, 1.54) is 30.4 Å². The summed E-state index contributed by atoms with van der Waals surface area (Å²) < 4.78 is 5.77. The standard InChI is InChI=1S/C24H33NO2/c1-14-11-16-13-17(26)5-7-23(16,3)18-6-8-24(4)19(20(14)18)12-15(2)21(24)22-25-9-10-27-22/h9-11,14,17-20,26H,5-8,12-13H2,1-4H3/t14-,17-,18-,19-,20+,23-,24-/m0/s1. The molecule has 2 fully saturated rings. The lowest BCUT2D eigenvalue weighted by Crippen LogP contribution is -2.52. The fraction of sp³-hybridized carbons (Fsp3) is 0.708. The summed E-state index contributed by atoms with van der Waals surface area (Å²) in [5.74, 6) is 3.58. The van der Waals surface area contributed by atoms with Gasteiger partial charge in [-0.25, -0.2) is 4.98 Å². The summed E-state index contributed by atoms with van der Waals surface area (Å²) in [6.07, 6.45) is 12.6. The number of aliphatic hydroxyl groups excluding tert-OH is 1. The monoisotopic (exact) mass is 367 g/mol. The van der Waals surface area contributed by atoms with E-state index in [1.54, 1.807) is 18.0 Å². The number of nitrogens with zero attached hydrogens (tertiary/aromatic N) is 1. The van der Waals surface area contributed by atoms with Crippen molar-refractivity contribution in [3.63, 3.8) is 0 Å². The van der Waals surface area contributed by atoms with Gasteiger partial charge in [-0.05, 0) is 74.5 Å². The summed E-state index contributed by atoms with van der Waals surface area (Å²) in [7, 11) is 0. The van der Waals surface area contributed by atoms with Crippen LogP contribution in [0.4, 0.5) is 0 Å².